The van der Waals surface area contributed by atoms with E-state index in [0.717, 1.165) is 25.2 Å². The molecule has 0 bridgehead atoms. The highest BCUT2D eigenvalue weighted by Crippen LogP contribution is 2.24. The van der Waals surface area contributed by atoms with Crippen molar-refractivity contribution in [2.75, 3.05) is 26.7 Å². The summed E-state index contributed by atoms with van der Waals surface area (Å²) in [6.07, 6.45) is 2.50. The van der Waals surface area contributed by atoms with Gasteiger partial charge in [0.2, 0.25) is 11.7 Å². The van der Waals surface area contributed by atoms with Crippen molar-refractivity contribution in [1.29, 1.82) is 0 Å². The van der Waals surface area contributed by atoms with Gasteiger partial charge < -0.3 is 15.2 Å². The van der Waals surface area contributed by atoms with Crippen molar-refractivity contribution in [3.63, 3.8) is 0 Å². The first-order chi connectivity index (χ1) is 15.2. The van der Waals surface area contributed by atoms with Crippen LogP contribution in [0.3, 0.4) is 0 Å². The van der Waals surface area contributed by atoms with E-state index >= 15 is 0 Å². The van der Waals surface area contributed by atoms with Crippen LogP contribution in [-0.4, -0.2) is 47.7 Å². The largest absolute Gasteiger partial charge is 0.354 e. The molecular formula is C23H27ClN6O. The summed E-state index contributed by atoms with van der Waals surface area (Å²) in [5, 5.41) is 11.4. The van der Waals surface area contributed by atoms with Gasteiger partial charge in [0, 0.05) is 24.2 Å². The minimum atomic E-state index is 0.306. The van der Waals surface area contributed by atoms with Gasteiger partial charge in [-0.1, -0.05) is 59.2 Å². The number of nitrogens with zero attached hydrogens (tertiary/aromatic N) is 4. The van der Waals surface area contributed by atoms with Gasteiger partial charge in [0.25, 0.3) is 0 Å². The first-order valence-electron chi connectivity index (χ1n) is 10.5. The molecule has 2 aromatic carbocycles. The molecule has 1 aliphatic rings. The Labute approximate surface area is 187 Å². The van der Waals surface area contributed by atoms with Crippen LogP contribution in [0.5, 0.6) is 0 Å². The third-order valence-corrected chi connectivity index (χ3v) is 5.65. The molecule has 1 unspecified atom stereocenters. The van der Waals surface area contributed by atoms with Crippen LogP contribution >= 0.6 is 11.6 Å². The molecule has 0 saturated carbocycles. The van der Waals surface area contributed by atoms with Crippen LogP contribution < -0.4 is 10.6 Å². The Bertz CT molecular complexity index is 1000. The summed E-state index contributed by atoms with van der Waals surface area (Å²) in [6, 6.07) is 18.3. The molecule has 1 aromatic heterocycles. The fraction of sp³-hybridized carbons (Fsp3) is 0.348. The number of hydrogen-bond donors (Lipinski definition) is 2. The summed E-state index contributed by atoms with van der Waals surface area (Å²) in [6.45, 7) is 3.40. The lowest BCUT2D eigenvalue weighted by Crippen LogP contribution is -2.42. The van der Waals surface area contributed by atoms with Crippen molar-refractivity contribution in [3.8, 4) is 11.4 Å². The van der Waals surface area contributed by atoms with Gasteiger partial charge in [-0.2, -0.15) is 4.98 Å². The average Bonchev–Trinajstić information content (AvgIpc) is 3.49. The molecule has 2 heterocycles. The van der Waals surface area contributed by atoms with E-state index in [1.165, 1.54) is 18.4 Å². The van der Waals surface area contributed by atoms with Crippen LogP contribution in [0.1, 0.15) is 30.3 Å². The number of benzene rings is 2. The Hall–Kier alpha value is -2.90. The van der Waals surface area contributed by atoms with Gasteiger partial charge in [-0.05, 0) is 43.6 Å². The SMILES string of the molecule is CN=C(NCc1nc(-c2cccc(Cl)c2)no1)NCC(c1ccccc1)N1CCCC1. The number of hydrogen-bond acceptors (Lipinski definition) is 5. The molecule has 0 amide bonds. The first kappa shape index (κ1) is 21.3. The number of aromatic nitrogens is 2. The summed E-state index contributed by atoms with van der Waals surface area (Å²) in [7, 11) is 1.76. The van der Waals surface area contributed by atoms with E-state index in [0.29, 0.717) is 35.3 Å². The molecule has 0 radical (unpaired) electrons. The van der Waals surface area contributed by atoms with Gasteiger partial charge in [-0.25, -0.2) is 0 Å². The summed E-state index contributed by atoms with van der Waals surface area (Å²) in [5.41, 5.74) is 2.14. The molecule has 0 spiro atoms. The molecule has 0 aliphatic carbocycles. The van der Waals surface area contributed by atoms with Crippen LogP contribution in [-0.2, 0) is 6.54 Å². The zero-order valence-corrected chi connectivity index (χ0v) is 18.3. The lowest BCUT2D eigenvalue weighted by Gasteiger charge is -2.28. The maximum atomic E-state index is 6.05. The molecule has 1 fully saturated rings. The second kappa shape index (κ2) is 10.4. The van der Waals surface area contributed by atoms with E-state index in [1.54, 1.807) is 7.05 Å². The summed E-state index contributed by atoms with van der Waals surface area (Å²) < 4.78 is 5.37. The lowest BCUT2D eigenvalue weighted by molar-refractivity contribution is 0.245. The lowest BCUT2D eigenvalue weighted by atomic mass is 10.1. The van der Waals surface area contributed by atoms with Gasteiger partial charge in [-0.3, -0.25) is 9.89 Å². The van der Waals surface area contributed by atoms with Crippen molar-refractivity contribution < 1.29 is 4.52 Å². The van der Waals surface area contributed by atoms with Crippen molar-refractivity contribution in [3.05, 3.63) is 71.1 Å². The number of aliphatic imine (C=N–C) groups is 1. The van der Waals surface area contributed by atoms with Gasteiger partial charge in [0.1, 0.15) is 0 Å². The fourth-order valence-electron chi connectivity index (χ4n) is 3.83. The number of nitrogens with one attached hydrogen (secondary N) is 2. The topological polar surface area (TPSA) is 78.6 Å². The number of halogens is 1. The van der Waals surface area contributed by atoms with Crippen molar-refractivity contribution in [2.24, 2.45) is 4.99 Å². The van der Waals surface area contributed by atoms with Crippen molar-refractivity contribution in [1.82, 2.24) is 25.7 Å². The van der Waals surface area contributed by atoms with Gasteiger partial charge >= 0.3 is 0 Å². The van der Waals surface area contributed by atoms with Gasteiger partial charge in [-0.15, -0.1) is 0 Å². The Morgan fingerprint density at radius 3 is 2.68 bits per heavy atom. The minimum absolute atomic E-state index is 0.306. The predicted octanol–water partition coefficient (Wildman–Crippen LogP) is 3.89. The molecule has 31 heavy (non-hydrogen) atoms. The Morgan fingerprint density at radius 2 is 1.94 bits per heavy atom. The molecule has 3 aromatic rings. The normalized spacial score (nSPS) is 15.7. The van der Waals surface area contributed by atoms with Gasteiger partial charge in [0.15, 0.2) is 5.96 Å². The standard InChI is InChI=1S/C23H27ClN6O/c1-25-23(26-15-20(30-12-5-6-13-30)17-8-3-2-4-9-17)27-16-21-28-22(29-31-21)18-10-7-11-19(24)14-18/h2-4,7-11,14,20H,5-6,12-13,15-16H2,1H3,(H2,25,26,27). The summed E-state index contributed by atoms with van der Waals surface area (Å²) >= 11 is 6.05. The van der Waals surface area contributed by atoms with E-state index in [-0.39, 0.29) is 0 Å². The summed E-state index contributed by atoms with van der Waals surface area (Å²) in [4.78, 5) is 11.3. The van der Waals surface area contributed by atoms with E-state index in [1.807, 2.05) is 24.3 Å². The maximum Gasteiger partial charge on any atom is 0.246 e. The van der Waals surface area contributed by atoms with Crippen LogP contribution in [0.15, 0.2) is 64.1 Å². The Balaban J connectivity index is 1.35. The van der Waals surface area contributed by atoms with Crippen LogP contribution in [0, 0.1) is 0 Å². The predicted molar refractivity (Wildman–Crippen MR) is 123 cm³/mol. The first-order valence-corrected chi connectivity index (χ1v) is 10.9. The number of rotatable bonds is 7. The molecule has 2 N–H and O–H groups in total. The highest BCUT2D eigenvalue weighted by Gasteiger charge is 2.23. The third kappa shape index (κ3) is 5.62. The molecule has 162 valence electrons. The van der Waals surface area contributed by atoms with E-state index in [4.69, 9.17) is 16.1 Å². The number of likely N-dealkylation sites (tertiary alicyclic amines) is 1. The quantitative estimate of drug-likeness (QED) is 0.430. The van der Waals surface area contributed by atoms with Gasteiger partial charge in [0.05, 0.1) is 12.6 Å². The van der Waals surface area contributed by atoms with Crippen LogP contribution in [0.4, 0.5) is 0 Å². The third-order valence-electron chi connectivity index (χ3n) is 5.41. The zero-order chi connectivity index (χ0) is 21.5. The van der Waals surface area contributed by atoms with E-state index in [2.05, 4.69) is 61.0 Å². The van der Waals surface area contributed by atoms with Crippen LogP contribution in [0.25, 0.3) is 11.4 Å². The Morgan fingerprint density at radius 1 is 1.13 bits per heavy atom. The van der Waals surface area contributed by atoms with Crippen molar-refractivity contribution in [2.45, 2.75) is 25.4 Å². The second-order valence-corrected chi connectivity index (χ2v) is 7.93. The zero-order valence-electron chi connectivity index (χ0n) is 17.6. The maximum absolute atomic E-state index is 6.05. The van der Waals surface area contributed by atoms with Crippen molar-refractivity contribution >= 4 is 17.6 Å². The monoisotopic (exact) mass is 438 g/mol. The Kier molecular flexibility index (Phi) is 7.17. The molecule has 1 atom stereocenters. The number of guanidine groups is 1. The van der Waals surface area contributed by atoms with E-state index in [9.17, 15) is 0 Å². The second-order valence-electron chi connectivity index (χ2n) is 7.50. The minimum Gasteiger partial charge on any atom is -0.354 e. The highest BCUT2D eigenvalue weighted by atomic mass is 35.5. The summed E-state index contributed by atoms with van der Waals surface area (Å²) in [5.74, 6) is 1.69. The smallest absolute Gasteiger partial charge is 0.246 e. The fourth-order valence-corrected chi connectivity index (χ4v) is 4.02. The van der Waals surface area contributed by atoms with Crippen LogP contribution in [0.2, 0.25) is 5.02 Å². The molecule has 8 heteroatoms. The molecule has 1 saturated heterocycles. The molecule has 4 rings (SSSR count). The molecular weight excluding hydrogens is 412 g/mol. The molecule has 7 nitrogen and oxygen atoms in total. The van der Waals surface area contributed by atoms with E-state index < -0.39 is 0 Å². The average molecular weight is 439 g/mol. The molecule has 1 aliphatic heterocycles. The highest BCUT2D eigenvalue weighted by molar-refractivity contribution is 6.30.